The van der Waals surface area contributed by atoms with E-state index in [1.807, 2.05) is 46.0 Å². The molecule has 4 aliphatic heterocycles. The first-order valence-corrected chi connectivity index (χ1v) is 26.7. The lowest BCUT2D eigenvalue weighted by Crippen LogP contribution is -2.56. The van der Waals surface area contributed by atoms with E-state index in [1.54, 1.807) is 4.90 Å². The van der Waals surface area contributed by atoms with Crippen molar-refractivity contribution in [2.24, 2.45) is 17.8 Å². The summed E-state index contributed by atoms with van der Waals surface area (Å²) in [5.74, 6) is -0.991. The molecule has 9 unspecified atom stereocenters. The number of carbonyl (C=O) groups is 6. The number of benzene rings is 1. The molecule has 5 heterocycles. The number of ether oxygens (including phenoxy) is 3. The Labute approximate surface area is 439 Å². The van der Waals surface area contributed by atoms with Crippen LogP contribution in [0.5, 0.6) is 0 Å². The lowest BCUT2D eigenvalue weighted by Gasteiger charge is -2.40. The van der Waals surface area contributed by atoms with E-state index in [4.69, 9.17) is 19.2 Å². The molecule has 20 nitrogen and oxygen atoms in total. The molecule has 0 bridgehead atoms. The molecule has 404 valence electrons. The van der Waals surface area contributed by atoms with Crippen molar-refractivity contribution in [2.45, 2.75) is 134 Å². The monoisotopic (exact) mass is 1030 g/mol. The molecule has 4 fully saturated rings. The van der Waals surface area contributed by atoms with E-state index in [9.17, 15) is 39.6 Å². The Kier molecular flexibility index (Phi) is 17.6. The van der Waals surface area contributed by atoms with Crippen LogP contribution in [0.4, 0.5) is 21.1 Å². The number of carbonyl (C=O) groups excluding carboxylic acids is 6. The minimum Gasteiger partial charge on any atom is -0.453 e. The summed E-state index contributed by atoms with van der Waals surface area (Å²) in [7, 11) is 2.48. The zero-order valence-electron chi connectivity index (χ0n) is 44.1. The second kappa shape index (κ2) is 24.2. The van der Waals surface area contributed by atoms with Crippen molar-refractivity contribution in [2.75, 3.05) is 63.4 Å². The summed E-state index contributed by atoms with van der Waals surface area (Å²) in [4.78, 5) is 92.2. The van der Waals surface area contributed by atoms with Gasteiger partial charge in [0.1, 0.15) is 30.0 Å². The largest absolute Gasteiger partial charge is 0.453 e. The highest BCUT2D eigenvalue weighted by Gasteiger charge is 2.45. The molecule has 1 aromatic heterocycles. The van der Waals surface area contributed by atoms with Gasteiger partial charge < -0.3 is 65.9 Å². The number of anilines is 2. The maximum atomic E-state index is 14.0. The fraction of sp³-hybridized carbons (Fsp3) is 0.582. The predicted molar refractivity (Wildman–Crippen MR) is 284 cm³/mol. The number of aromatic nitrogens is 1. The van der Waals surface area contributed by atoms with E-state index in [1.165, 1.54) is 19.1 Å². The van der Waals surface area contributed by atoms with E-state index >= 15 is 0 Å². The van der Waals surface area contributed by atoms with Crippen LogP contribution in [-0.4, -0.2) is 164 Å². The van der Waals surface area contributed by atoms with Gasteiger partial charge in [-0.3, -0.25) is 19.2 Å². The van der Waals surface area contributed by atoms with Gasteiger partial charge in [-0.05, 0) is 111 Å². The third kappa shape index (κ3) is 12.3. The Balaban J connectivity index is 1.00. The zero-order valence-corrected chi connectivity index (χ0v) is 44.1. The van der Waals surface area contributed by atoms with Crippen LogP contribution >= 0.6 is 0 Å². The van der Waals surface area contributed by atoms with E-state index in [-0.39, 0.29) is 59.2 Å². The van der Waals surface area contributed by atoms with Crippen LogP contribution in [0.3, 0.4) is 0 Å². The van der Waals surface area contributed by atoms with Crippen LogP contribution in [0.2, 0.25) is 0 Å². The summed E-state index contributed by atoms with van der Waals surface area (Å²) in [6, 6.07) is 8.07. The highest BCUT2D eigenvalue weighted by atomic mass is 16.5. The number of hydrogen-bond donors (Lipinski definition) is 6. The highest BCUT2D eigenvalue weighted by molar-refractivity contribution is 6.02. The van der Waals surface area contributed by atoms with Gasteiger partial charge in [-0.2, -0.15) is 0 Å². The molecule has 6 amide bonds. The first kappa shape index (κ1) is 54.4. The average molecular weight is 1030 g/mol. The smallest absolute Gasteiger partial charge is 0.407 e. The molecule has 4 saturated heterocycles. The van der Waals surface area contributed by atoms with E-state index in [2.05, 4.69) is 73.5 Å². The Morgan fingerprint density at radius 1 is 0.733 bits per heavy atom. The molecule has 2 aliphatic carbocycles. The third-order valence-electron chi connectivity index (χ3n) is 15.8. The van der Waals surface area contributed by atoms with E-state index in [0.29, 0.717) is 77.0 Å². The first-order chi connectivity index (χ1) is 36.1. The molecule has 20 heteroatoms. The number of likely N-dealkylation sites (tertiary alicyclic amines) is 2. The number of amides is 6. The van der Waals surface area contributed by atoms with Crippen LogP contribution in [0.1, 0.15) is 85.5 Å². The number of rotatable bonds is 15. The molecular weight excluding hydrogens is 959 g/mol. The van der Waals surface area contributed by atoms with Gasteiger partial charge in [0, 0.05) is 61.3 Å². The van der Waals surface area contributed by atoms with E-state index < -0.39 is 48.4 Å². The standard InChI is InChI=1S/C55H75N11O9/c1-32(2)48(61-54(71)73-5)52(69)64-22-8-12-45(64)50(67)59-41-17-14-35(29-39(41)56)43-19-20-44(66(43)38-11-7-10-34(28-38)37-16-21-47(58-31-37)63-24-26-75-27-25-63)36-15-18-42(40(57)30-36)60-51(68)46-13-9-23-65(46)53(70)49(33(3)4)62-55(72)74-6/h7,10-11,14,16-17,21,28,30-33,35,41-46,48-49,56-57H,8-9,12-13,15,18-20,22-27,29H2,1-6H3,(H,59,67)(H,60,68)(H,61,71)(H,62,72). The van der Waals surface area contributed by atoms with Gasteiger partial charge in [-0.1, -0.05) is 52.0 Å². The Morgan fingerprint density at radius 3 is 1.92 bits per heavy atom. The molecule has 0 radical (unpaired) electrons. The minimum atomic E-state index is -0.859. The van der Waals surface area contributed by atoms with Gasteiger partial charge in [0.15, 0.2) is 0 Å². The van der Waals surface area contributed by atoms with Crippen molar-refractivity contribution in [3.63, 3.8) is 0 Å². The van der Waals surface area contributed by atoms with Crippen molar-refractivity contribution < 1.29 is 43.0 Å². The van der Waals surface area contributed by atoms with Crippen molar-refractivity contribution >= 4 is 58.7 Å². The SMILES string of the molecule is COC(=O)NC(C(=O)N1CCCC1C(=O)NC1C=CC(C2CCC(C3=CC(=N)C(NC(=O)C4CCCN4C(=O)C(NC(=O)OC)C(C)C)CC3)N2c2cccc(-c3ccc(N4CCOCC4)nc3)c2)CC1=N)C(C)C. The number of nitrogens with one attached hydrogen (secondary N) is 6. The fourth-order valence-corrected chi connectivity index (χ4v) is 11.7. The van der Waals surface area contributed by atoms with Crippen LogP contribution in [0.15, 0.2) is 66.4 Å². The topological polar surface area (TPSA) is 252 Å². The average Bonchev–Trinajstić information content (AvgIpc) is 4.22. The van der Waals surface area contributed by atoms with Crippen molar-refractivity contribution in [1.29, 1.82) is 10.8 Å². The number of methoxy groups -OCH3 is 2. The number of nitrogens with zero attached hydrogens (tertiary/aromatic N) is 5. The van der Waals surface area contributed by atoms with E-state index in [0.717, 1.165) is 54.1 Å². The predicted octanol–water partition coefficient (Wildman–Crippen LogP) is 4.97. The van der Waals surface area contributed by atoms with Crippen LogP contribution in [-0.2, 0) is 33.4 Å². The number of alkyl carbamates (subject to hydrolysis) is 2. The maximum absolute atomic E-state index is 14.0. The summed E-state index contributed by atoms with van der Waals surface area (Å²) in [5, 5.41) is 30.1. The summed E-state index contributed by atoms with van der Waals surface area (Å²) in [6.07, 6.45) is 11.7. The Bertz CT molecular complexity index is 2530. The number of morpholine rings is 1. The van der Waals surface area contributed by atoms with Crippen LogP contribution in [0, 0.1) is 28.6 Å². The minimum absolute atomic E-state index is 0.0414. The summed E-state index contributed by atoms with van der Waals surface area (Å²) < 4.78 is 15.1. The highest BCUT2D eigenvalue weighted by Crippen LogP contribution is 2.42. The first-order valence-electron chi connectivity index (χ1n) is 26.7. The van der Waals surface area contributed by atoms with Crippen LogP contribution < -0.4 is 31.1 Å². The van der Waals surface area contributed by atoms with Crippen molar-refractivity contribution in [3.8, 4) is 11.1 Å². The Hall–Kier alpha value is -6.83. The third-order valence-corrected chi connectivity index (χ3v) is 15.8. The maximum Gasteiger partial charge on any atom is 0.407 e. The van der Waals surface area contributed by atoms with Crippen LogP contribution in [0.25, 0.3) is 11.1 Å². The summed E-state index contributed by atoms with van der Waals surface area (Å²) >= 11 is 0. The second-order valence-electron chi connectivity index (χ2n) is 21.3. The molecule has 0 spiro atoms. The van der Waals surface area contributed by atoms with Gasteiger partial charge in [-0.15, -0.1) is 0 Å². The van der Waals surface area contributed by atoms with Gasteiger partial charge >= 0.3 is 12.2 Å². The summed E-state index contributed by atoms with van der Waals surface area (Å²) in [5.41, 5.74) is 4.70. The van der Waals surface area contributed by atoms with Gasteiger partial charge in [0.25, 0.3) is 0 Å². The molecule has 6 aliphatic rings. The molecule has 1 aromatic carbocycles. The molecular formula is C55H75N11O9. The molecule has 0 saturated carbocycles. The number of hydrogen-bond acceptors (Lipinski definition) is 14. The molecule has 6 N–H and O–H groups in total. The van der Waals surface area contributed by atoms with Gasteiger partial charge in [0.2, 0.25) is 23.6 Å². The zero-order chi connectivity index (χ0) is 53.5. The normalized spacial score (nSPS) is 25.7. The molecule has 9 atom stereocenters. The fourth-order valence-electron chi connectivity index (χ4n) is 11.7. The lowest BCUT2D eigenvalue weighted by molar-refractivity contribution is -0.140. The second-order valence-corrected chi connectivity index (χ2v) is 21.3. The molecule has 75 heavy (non-hydrogen) atoms. The van der Waals surface area contributed by atoms with Crippen molar-refractivity contribution in [3.05, 3.63) is 66.4 Å². The number of pyridine rings is 1. The van der Waals surface area contributed by atoms with Crippen molar-refractivity contribution in [1.82, 2.24) is 36.1 Å². The quantitative estimate of drug-likeness (QED) is 0.129. The van der Waals surface area contributed by atoms with Gasteiger partial charge in [-0.25, -0.2) is 14.6 Å². The van der Waals surface area contributed by atoms with Gasteiger partial charge in [0.05, 0.1) is 51.3 Å². The Morgan fingerprint density at radius 2 is 1.36 bits per heavy atom. The molecule has 8 rings (SSSR count). The summed E-state index contributed by atoms with van der Waals surface area (Å²) in [6.45, 7) is 11.0. The molecule has 2 aromatic rings. The lowest BCUT2D eigenvalue weighted by atomic mass is 9.84.